The predicted molar refractivity (Wildman–Crippen MR) is 102 cm³/mol. The van der Waals surface area contributed by atoms with E-state index in [0.29, 0.717) is 6.42 Å². The van der Waals surface area contributed by atoms with Gasteiger partial charge in [-0.25, -0.2) is 0 Å². The van der Waals surface area contributed by atoms with Gasteiger partial charge in [-0.1, -0.05) is 25.5 Å². The predicted octanol–water partition coefficient (Wildman–Crippen LogP) is 3.90. The van der Waals surface area contributed by atoms with Crippen molar-refractivity contribution in [1.82, 2.24) is 0 Å². The molecule has 1 atom stereocenters. The molecule has 0 aromatic heterocycles. The molecule has 0 aliphatic rings. The Morgan fingerprint density at radius 2 is 1.72 bits per heavy atom. The van der Waals surface area contributed by atoms with Crippen LogP contribution >= 0.6 is 0 Å². The molecule has 0 fully saturated rings. The largest absolute Gasteiger partial charge is 0.497 e. The van der Waals surface area contributed by atoms with Crippen molar-refractivity contribution in [3.8, 4) is 11.5 Å². The van der Waals surface area contributed by atoms with Crippen molar-refractivity contribution in [2.45, 2.75) is 32.2 Å². The maximum Gasteiger partial charge on any atom is 0.119 e. The first kappa shape index (κ1) is 19.0. The van der Waals surface area contributed by atoms with Gasteiger partial charge in [0.1, 0.15) is 11.5 Å². The molecule has 25 heavy (non-hydrogen) atoms. The van der Waals surface area contributed by atoms with Gasteiger partial charge in [0.2, 0.25) is 0 Å². The van der Waals surface area contributed by atoms with Gasteiger partial charge in [-0.15, -0.1) is 0 Å². The van der Waals surface area contributed by atoms with E-state index >= 15 is 0 Å². The third kappa shape index (κ3) is 6.59. The lowest BCUT2D eigenvalue weighted by molar-refractivity contribution is 0.266. The van der Waals surface area contributed by atoms with Gasteiger partial charge >= 0.3 is 0 Å². The zero-order chi connectivity index (χ0) is 17.9. The molecule has 0 aliphatic heterocycles. The van der Waals surface area contributed by atoms with Crippen LogP contribution in [0.2, 0.25) is 0 Å². The summed E-state index contributed by atoms with van der Waals surface area (Å²) >= 11 is 0. The molecule has 1 unspecified atom stereocenters. The number of unbranched alkanes of at least 4 members (excludes halogenated alkanes) is 1. The van der Waals surface area contributed by atoms with Crippen LogP contribution in [-0.4, -0.2) is 37.7 Å². The molecule has 2 rings (SSSR count). The fourth-order valence-electron chi connectivity index (χ4n) is 2.37. The van der Waals surface area contributed by atoms with Crippen LogP contribution in [0, 0.1) is 0 Å². The van der Waals surface area contributed by atoms with Crippen LogP contribution in [0.15, 0.2) is 53.5 Å². The molecule has 1 N–H and O–H groups in total. The quantitative estimate of drug-likeness (QED) is 0.527. The number of rotatable bonds is 10. The number of hydrogen-bond donors (Lipinski definition) is 1. The molecule has 0 saturated heterocycles. The van der Waals surface area contributed by atoms with E-state index in [1.54, 1.807) is 13.3 Å². The first-order chi connectivity index (χ1) is 12.2. The summed E-state index contributed by atoms with van der Waals surface area (Å²) in [5, 5.41) is 9.59. The Bertz CT molecular complexity index is 635. The number of aliphatic hydroxyl groups is 1. The van der Waals surface area contributed by atoms with E-state index in [1.165, 1.54) is 0 Å². The SMILES string of the molecule is CCCCOc1ccc(CC(CO)N=Cc2ccc(OC)cc2)cc1. The minimum Gasteiger partial charge on any atom is -0.497 e. The molecular weight excluding hydrogens is 314 g/mol. The van der Waals surface area contributed by atoms with Crippen molar-refractivity contribution < 1.29 is 14.6 Å². The number of methoxy groups -OCH3 is 1. The normalized spacial score (nSPS) is 12.3. The molecule has 134 valence electrons. The molecule has 4 heteroatoms. The second-order valence-corrected chi connectivity index (χ2v) is 5.94. The smallest absolute Gasteiger partial charge is 0.119 e. The fourth-order valence-corrected chi connectivity index (χ4v) is 2.37. The average molecular weight is 341 g/mol. The van der Waals surface area contributed by atoms with E-state index in [0.717, 1.165) is 42.1 Å². The van der Waals surface area contributed by atoms with Gasteiger partial charge in [0.05, 0.1) is 26.4 Å². The van der Waals surface area contributed by atoms with E-state index in [4.69, 9.17) is 9.47 Å². The first-order valence-electron chi connectivity index (χ1n) is 8.75. The number of benzene rings is 2. The molecular formula is C21H27NO3. The van der Waals surface area contributed by atoms with Gasteiger partial charge in [0, 0.05) is 6.21 Å². The van der Waals surface area contributed by atoms with E-state index in [1.807, 2.05) is 48.5 Å². The van der Waals surface area contributed by atoms with Crippen molar-refractivity contribution in [2.24, 2.45) is 4.99 Å². The maximum absolute atomic E-state index is 9.59. The molecule has 0 radical (unpaired) electrons. The van der Waals surface area contributed by atoms with Gasteiger partial charge < -0.3 is 14.6 Å². The highest BCUT2D eigenvalue weighted by Gasteiger charge is 2.06. The molecule has 0 spiro atoms. The Kier molecular flexibility index (Phi) is 7.99. The number of nitrogens with zero attached hydrogens (tertiary/aromatic N) is 1. The summed E-state index contributed by atoms with van der Waals surface area (Å²) in [6.07, 6.45) is 4.68. The van der Waals surface area contributed by atoms with Crippen LogP contribution in [0.1, 0.15) is 30.9 Å². The van der Waals surface area contributed by atoms with Crippen LogP contribution < -0.4 is 9.47 Å². The topological polar surface area (TPSA) is 51.0 Å². The summed E-state index contributed by atoms with van der Waals surface area (Å²) < 4.78 is 10.8. The van der Waals surface area contributed by atoms with Gasteiger partial charge in [-0.3, -0.25) is 4.99 Å². The van der Waals surface area contributed by atoms with E-state index in [2.05, 4.69) is 11.9 Å². The van der Waals surface area contributed by atoms with Crippen molar-refractivity contribution >= 4 is 6.21 Å². The zero-order valence-corrected chi connectivity index (χ0v) is 15.0. The van der Waals surface area contributed by atoms with Crippen LogP contribution in [0.3, 0.4) is 0 Å². The standard InChI is InChI=1S/C21H27NO3/c1-3-4-13-25-21-11-5-17(6-12-21)14-19(16-23)22-15-18-7-9-20(24-2)10-8-18/h5-12,15,19,23H,3-4,13-14,16H2,1-2H3. The molecule has 0 heterocycles. The van der Waals surface area contributed by atoms with Gasteiger partial charge in [0.15, 0.2) is 0 Å². The Balaban J connectivity index is 1.90. The molecule has 0 bridgehead atoms. The average Bonchev–Trinajstić information content (AvgIpc) is 2.67. The van der Waals surface area contributed by atoms with Crippen molar-refractivity contribution in [3.63, 3.8) is 0 Å². The minimum atomic E-state index is -0.158. The third-order valence-electron chi connectivity index (χ3n) is 3.92. The third-order valence-corrected chi connectivity index (χ3v) is 3.92. The maximum atomic E-state index is 9.59. The minimum absolute atomic E-state index is 0.0153. The van der Waals surface area contributed by atoms with E-state index in [9.17, 15) is 5.11 Å². The highest BCUT2D eigenvalue weighted by Crippen LogP contribution is 2.15. The fraction of sp³-hybridized carbons (Fsp3) is 0.381. The lowest BCUT2D eigenvalue weighted by atomic mass is 10.1. The molecule has 4 nitrogen and oxygen atoms in total. The van der Waals surface area contributed by atoms with Crippen molar-refractivity contribution in [3.05, 3.63) is 59.7 Å². The first-order valence-corrected chi connectivity index (χ1v) is 8.75. The second-order valence-electron chi connectivity index (χ2n) is 5.94. The number of hydrogen-bond acceptors (Lipinski definition) is 4. The lowest BCUT2D eigenvalue weighted by Gasteiger charge is -2.11. The van der Waals surface area contributed by atoms with Crippen LogP contribution in [0.4, 0.5) is 0 Å². The lowest BCUT2D eigenvalue weighted by Crippen LogP contribution is -2.14. The number of aliphatic hydroxyl groups excluding tert-OH is 1. The van der Waals surface area contributed by atoms with Crippen molar-refractivity contribution in [1.29, 1.82) is 0 Å². The Hall–Kier alpha value is -2.33. The zero-order valence-electron chi connectivity index (χ0n) is 15.0. The Morgan fingerprint density at radius 3 is 2.32 bits per heavy atom. The molecule has 2 aromatic carbocycles. The van der Waals surface area contributed by atoms with Crippen LogP contribution in [0.25, 0.3) is 0 Å². The van der Waals surface area contributed by atoms with Crippen LogP contribution in [-0.2, 0) is 6.42 Å². The van der Waals surface area contributed by atoms with Crippen LogP contribution in [0.5, 0.6) is 11.5 Å². The molecule has 0 amide bonds. The van der Waals surface area contributed by atoms with Gasteiger partial charge in [0.25, 0.3) is 0 Å². The highest BCUT2D eigenvalue weighted by molar-refractivity contribution is 5.79. The highest BCUT2D eigenvalue weighted by atomic mass is 16.5. The summed E-state index contributed by atoms with van der Waals surface area (Å²) in [6, 6.07) is 15.5. The van der Waals surface area contributed by atoms with E-state index < -0.39 is 0 Å². The van der Waals surface area contributed by atoms with Gasteiger partial charge in [-0.05, 0) is 60.4 Å². The van der Waals surface area contributed by atoms with Crippen molar-refractivity contribution in [2.75, 3.05) is 20.3 Å². The van der Waals surface area contributed by atoms with Gasteiger partial charge in [-0.2, -0.15) is 0 Å². The summed E-state index contributed by atoms with van der Waals surface area (Å²) in [5.74, 6) is 1.71. The number of aliphatic imine (C=N–C) groups is 1. The Morgan fingerprint density at radius 1 is 1.04 bits per heavy atom. The summed E-state index contributed by atoms with van der Waals surface area (Å²) in [7, 11) is 1.64. The summed E-state index contributed by atoms with van der Waals surface area (Å²) in [5.41, 5.74) is 2.12. The molecule has 2 aromatic rings. The van der Waals surface area contributed by atoms with E-state index in [-0.39, 0.29) is 12.6 Å². The monoisotopic (exact) mass is 341 g/mol. The number of ether oxygens (including phenoxy) is 2. The molecule has 0 aliphatic carbocycles. The molecule has 0 saturated carbocycles. The summed E-state index contributed by atoms with van der Waals surface area (Å²) in [6.45, 7) is 2.91. The Labute approximate surface area is 150 Å². The summed E-state index contributed by atoms with van der Waals surface area (Å²) in [4.78, 5) is 4.50. The second kappa shape index (κ2) is 10.5.